The summed E-state index contributed by atoms with van der Waals surface area (Å²) >= 11 is 6.13. The molecule has 0 aliphatic carbocycles. The zero-order valence-corrected chi connectivity index (χ0v) is 11.0. The average Bonchev–Trinajstić information content (AvgIpc) is 2.42. The van der Waals surface area contributed by atoms with E-state index >= 15 is 0 Å². The van der Waals surface area contributed by atoms with E-state index in [4.69, 9.17) is 26.3 Å². The van der Waals surface area contributed by atoms with E-state index in [2.05, 4.69) is 5.32 Å². The highest BCUT2D eigenvalue weighted by Gasteiger charge is 2.19. The van der Waals surface area contributed by atoms with E-state index in [0.29, 0.717) is 22.1 Å². The molecule has 1 atom stereocenters. The maximum Gasteiger partial charge on any atom is 0.180 e. The normalized spacial score (nSPS) is 19.1. The number of piperidine rings is 1. The average molecular weight is 267 g/mol. The van der Waals surface area contributed by atoms with Gasteiger partial charge in [-0.1, -0.05) is 11.6 Å². The fourth-order valence-corrected chi connectivity index (χ4v) is 2.24. The van der Waals surface area contributed by atoms with Crippen LogP contribution in [0.15, 0.2) is 12.1 Å². The Morgan fingerprint density at radius 1 is 1.50 bits per heavy atom. The molecule has 18 heavy (non-hydrogen) atoms. The summed E-state index contributed by atoms with van der Waals surface area (Å²) in [7, 11) is 1.54. The van der Waals surface area contributed by atoms with Gasteiger partial charge in [0, 0.05) is 12.6 Å². The Balaban J connectivity index is 2.23. The van der Waals surface area contributed by atoms with Gasteiger partial charge in [-0.25, -0.2) is 0 Å². The number of benzene rings is 1. The molecule has 0 amide bonds. The van der Waals surface area contributed by atoms with Gasteiger partial charge in [0.15, 0.2) is 11.5 Å². The molecule has 0 bridgehead atoms. The van der Waals surface area contributed by atoms with Gasteiger partial charge in [0.2, 0.25) is 0 Å². The smallest absolute Gasteiger partial charge is 0.180 e. The van der Waals surface area contributed by atoms with Crippen LogP contribution in [0.2, 0.25) is 5.02 Å². The van der Waals surface area contributed by atoms with Crippen molar-refractivity contribution >= 4 is 11.6 Å². The second-order valence-electron chi connectivity index (χ2n) is 4.19. The van der Waals surface area contributed by atoms with Crippen LogP contribution in [0.3, 0.4) is 0 Å². The van der Waals surface area contributed by atoms with Gasteiger partial charge >= 0.3 is 0 Å². The van der Waals surface area contributed by atoms with E-state index in [1.807, 2.05) is 6.07 Å². The van der Waals surface area contributed by atoms with Crippen LogP contribution < -0.4 is 14.8 Å². The molecule has 1 saturated heterocycles. The maximum atomic E-state index is 8.88. The van der Waals surface area contributed by atoms with Gasteiger partial charge in [-0.05, 0) is 25.5 Å². The molecule has 1 aliphatic heterocycles. The number of halogens is 1. The monoisotopic (exact) mass is 266 g/mol. The van der Waals surface area contributed by atoms with Crippen molar-refractivity contribution in [3.63, 3.8) is 0 Å². The molecule has 5 heteroatoms. The van der Waals surface area contributed by atoms with Gasteiger partial charge in [-0.15, -0.1) is 0 Å². The Morgan fingerprint density at radius 3 is 2.94 bits per heavy atom. The Bertz CT molecular complexity index is 465. The number of hydrogen-bond donors (Lipinski definition) is 1. The van der Waals surface area contributed by atoms with Gasteiger partial charge in [0.1, 0.15) is 6.10 Å². The third-order valence-electron chi connectivity index (χ3n) is 2.89. The van der Waals surface area contributed by atoms with Crippen LogP contribution in [0.4, 0.5) is 0 Å². The van der Waals surface area contributed by atoms with Gasteiger partial charge in [-0.2, -0.15) is 5.26 Å². The van der Waals surface area contributed by atoms with Crippen LogP contribution in [-0.2, 0) is 0 Å². The lowest BCUT2D eigenvalue weighted by molar-refractivity contribution is 0.161. The number of methoxy groups -OCH3 is 1. The molecule has 0 aromatic heterocycles. The van der Waals surface area contributed by atoms with E-state index in [9.17, 15) is 0 Å². The van der Waals surface area contributed by atoms with Gasteiger partial charge < -0.3 is 14.8 Å². The van der Waals surface area contributed by atoms with E-state index in [-0.39, 0.29) is 6.10 Å². The van der Waals surface area contributed by atoms with Crippen LogP contribution >= 0.6 is 11.6 Å². The van der Waals surface area contributed by atoms with Crippen molar-refractivity contribution in [1.82, 2.24) is 5.32 Å². The summed E-state index contributed by atoms with van der Waals surface area (Å²) in [4.78, 5) is 0. The van der Waals surface area contributed by atoms with E-state index in [0.717, 1.165) is 25.9 Å². The van der Waals surface area contributed by atoms with Crippen molar-refractivity contribution in [3.8, 4) is 17.6 Å². The van der Waals surface area contributed by atoms with Crippen LogP contribution in [0.5, 0.6) is 11.5 Å². The van der Waals surface area contributed by atoms with E-state index in [1.165, 1.54) is 0 Å². The zero-order valence-electron chi connectivity index (χ0n) is 10.2. The molecule has 1 N–H and O–H groups in total. The second kappa shape index (κ2) is 5.94. The van der Waals surface area contributed by atoms with Crippen molar-refractivity contribution in [1.29, 1.82) is 5.26 Å². The van der Waals surface area contributed by atoms with E-state index in [1.54, 1.807) is 19.2 Å². The molecule has 1 heterocycles. The zero-order chi connectivity index (χ0) is 13.0. The molecule has 1 aromatic rings. The SMILES string of the molecule is COc1cc(C#N)cc(Cl)c1OC1CCCNC1. The summed E-state index contributed by atoms with van der Waals surface area (Å²) in [6.07, 6.45) is 2.17. The predicted octanol–water partition coefficient (Wildman–Crippen LogP) is 2.35. The molecule has 4 nitrogen and oxygen atoms in total. The molecule has 96 valence electrons. The third-order valence-corrected chi connectivity index (χ3v) is 3.18. The molecule has 1 fully saturated rings. The molecule has 0 spiro atoms. The maximum absolute atomic E-state index is 8.88. The minimum atomic E-state index is 0.0954. The molecular formula is C13H15ClN2O2. The van der Waals surface area contributed by atoms with Crippen molar-refractivity contribution in [3.05, 3.63) is 22.7 Å². The minimum Gasteiger partial charge on any atom is -0.493 e. The number of ether oxygens (including phenoxy) is 2. The minimum absolute atomic E-state index is 0.0954. The molecule has 0 saturated carbocycles. The first-order chi connectivity index (χ1) is 8.74. The summed E-state index contributed by atoms with van der Waals surface area (Å²) in [6.45, 7) is 1.83. The molecule has 2 rings (SSSR count). The lowest BCUT2D eigenvalue weighted by atomic mass is 10.1. The lowest BCUT2D eigenvalue weighted by Gasteiger charge is -2.25. The summed E-state index contributed by atoms with van der Waals surface area (Å²) in [5, 5.41) is 12.6. The van der Waals surface area contributed by atoms with Gasteiger partial charge in [0.25, 0.3) is 0 Å². The lowest BCUT2D eigenvalue weighted by Crippen LogP contribution is -2.37. The summed E-state index contributed by atoms with van der Waals surface area (Å²) in [5.74, 6) is 1.02. The number of nitrogens with zero attached hydrogens (tertiary/aromatic N) is 1. The quantitative estimate of drug-likeness (QED) is 0.912. The molecular weight excluding hydrogens is 252 g/mol. The highest BCUT2D eigenvalue weighted by Crippen LogP contribution is 2.37. The topological polar surface area (TPSA) is 54.3 Å². The summed E-state index contributed by atoms with van der Waals surface area (Å²) in [5.41, 5.74) is 0.464. The summed E-state index contributed by atoms with van der Waals surface area (Å²) in [6, 6.07) is 5.27. The first-order valence-corrected chi connectivity index (χ1v) is 6.27. The first-order valence-electron chi connectivity index (χ1n) is 5.89. The highest BCUT2D eigenvalue weighted by molar-refractivity contribution is 6.32. The standard InChI is InChI=1S/C13H15ClN2O2/c1-17-12-6-9(7-15)5-11(14)13(12)18-10-3-2-4-16-8-10/h5-6,10,16H,2-4,8H2,1H3. The number of nitriles is 1. The van der Waals surface area contributed by atoms with Crippen LogP contribution in [0.25, 0.3) is 0 Å². The van der Waals surface area contributed by atoms with Crippen LogP contribution in [0.1, 0.15) is 18.4 Å². The summed E-state index contributed by atoms with van der Waals surface area (Å²) < 4.78 is 11.1. The molecule has 1 aromatic carbocycles. The number of hydrogen-bond acceptors (Lipinski definition) is 4. The van der Waals surface area contributed by atoms with E-state index < -0.39 is 0 Å². The Morgan fingerprint density at radius 2 is 2.33 bits per heavy atom. The van der Waals surface area contributed by atoms with Crippen molar-refractivity contribution in [2.24, 2.45) is 0 Å². The largest absolute Gasteiger partial charge is 0.493 e. The second-order valence-corrected chi connectivity index (χ2v) is 4.59. The highest BCUT2D eigenvalue weighted by atomic mass is 35.5. The van der Waals surface area contributed by atoms with Crippen molar-refractivity contribution in [2.75, 3.05) is 20.2 Å². The van der Waals surface area contributed by atoms with Crippen molar-refractivity contribution < 1.29 is 9.47 Å². The van der Waals surface area contributed by atoms with Gasteiger partial charge in [0.05, 0.1) is 23.8 Å². The Hall–Kier alpha value is -1.44. The molecule has 1 aliphatic rings. The van der Waals surface area contributed by atoms with Crippen molar-refractivity contribution in [2.45, 2.75) is 18.9 Å². The van der Waals surface area contributed by atoms with Crippen LogP contribution in [-0.4, -0.2) is 26.3 Å². The van der Waals surface area contributed by atoms with Gasteiger partial charge in [-0.3, -0.25) is 0 Å². The number of nitrogens with one attached hydrogen (secondary N) is 1. The Kier molecular flexibility index (Phi) is 4.29. The third kappa shape index (κ3) is 2.87. The van der Waals surface area contributed by atoms with Crippen LogP contribution in [0, 0.1) is 11.3 Å². The molecule has 0 radical (unpaired) electrons. The predicted molar refractivity (Wildman–Crippen MR) is 69.2 cm³/mol. The first kappa shape index (κ1) is 13.0. The fraction of sp³-hybridized carbons (Fsp3) is 0.462. The number of rotatable bonds is 3. The molecule has 1 unspecified atom stereocenters. The Labute approximate surface area is 111 Å². The fourth-order valence-electron chi connectivity index (χ4n) is 1.99.